The Morgan fingerprint density at radius 2 is 1.76 bits per heavy atom. The number of hydrogen-bond acceptors (Lipinski definition) is 1. The summed E-state index contributed by atoms with van der Waals surface area (Å²) in [6.45, 7) is 0. The molecule has 4 rings (SSSR count). The van der Waals surface area contributed by atoms with Crippen LogP contribution in [0, 0.1) is 29.6 Å². The molecule has 2 bridgehead atoms. The normalized spacial score (nSPS) is 43.5. The first kappa shape index (κ1) is 10.4. The summed E-state index contributed by atoms with van der Waals surface area (Å²) in [6.07, 6.45) is 4.40. The first-order chi connectivity index (χ1) is 8.27. The van der Waals surface area contributed by atoms with Crippen LogP contribution < -0.4 is 5.73 Å². The minimum atomic E-state index is 0.169. The fourth-order valence-corrected chi connectivity index (χ4v) is 5.09. The number of benzene rings is 1. The van der Waals surface area contributed by atoms with Crippen molar-refractivity contribution in [3.8, 4) is 0 Å². The maximum absolute atomic E-state index is 6.46. The first-order valence-electron chi connectivity index (χ1n) is 6.77. The second-order valence-corrected chi connectivity index (χ2v) is 6.52. The lowest BCUT2D eigenvalue weighted by Gasteiger charge is -2.17. The molecule has 90 valence electrons. The molecule has 3 saturated carbocycles. The van der Waals surface area contributed by atoms with Gasteiger partial charge >= 0.3 is 0 Å². The standard InChI is InChI=1S/C15H18ClN/c16-11-4-2-1-3-10(11)15(17)14-12-8-5-6-9(7-8)13(12)14/h1-4,8-9,12-15H,5-7,17H2. The highest BCUT2D eigenvalue weighted by atomic mass is 35.5. The minimum absolute atomic E-state index is 0.169. The highest BCUT2D eigenvalue weighted by Crippen LogP contribution is 2.71. The van der Waals surface area contributed by atoms with Gasteiger partial charge in [-0.2, -0.15) is 0 Å². The van der Waals surface area contributed by atoms with Gasteiger partial charge in [0.05, 0.1) is 0 Å². The van der Waals surface area contributed by atoms with Crippen molar-refractivity contribution in [1.82, 2.24) is 0 Å². The van der Waals surface area contributed by atoms with E-state index in [0.29, 0.717) is 0 Å². The summed E-state index contributed by atoms with van der Waals surface area (Å²) in [5, 5.41) is 0.845. The van der Waals surface area contributed by atoms with Crippen LogP contribution in [0.2, 0.25) is 5.02 Å². The zero-order valence-corrected chi connectivity index (χ0v) is 10.6. The van der Waals surface area contributed by atoms with Gasteiger partial charge < -0.3 is 5.73 Å². The monoisotopic (exact) mass is 247 g/mol. The fourth-order valence-electron chi connectivity index (χ4n) is 4.83. The third-order valence-corrected chi connectivity index (χ3v) is 5.82. The van der Waals surface area contributed by atoms with Gasteiger partial charge in [-0.15, -0.1) is 0 Å². The topological polar surface area (TPSA) is 26.0 Å². The average Bonchev–Trinajstić information content (AvgIpc) is 2.77. The van der Waals surface area contributed by atoms with Gasteiger partial charge in [0, 0.05) is 11.1 Å². The maximum Gasteiger partial charge on any atom is 0.0453 e. The molecule has 17 heavy (non-hydrogen) atoms. The number of hydrogen-bond donors (Lipinski definition) is 1. The molecule has 0 saturated heterocycles. The molecule has 0 aliphatic heterocycles. The van der Waals surface area contributed by atoms with Crippen molar-refractivity contribution in [2.24, 2.45) is 35.3 Å². The lowest BCUT2D eigenvalue weighted by Crippen LogP contribution is -2.17. The Balaban J connectivity index is 1.60. The van der Waals surface area contributed by atoms with E-state index >= 15 is 0 Å². The van der Waals surface area contributed by atoms with Gasteiger partial charge in [0.2, 0.25) is 0 Å². The minimum Gasteiger partial charge on any atom is -0.324 e. The van der Waals surface area contributed by atoms with E-state index < -0.39 is 0 Å². The molecule has 2 N–H and O–H groups in total. The van der Waals surface area contributed by atoms with Gasteiger partial charge in [-0.3, -0.25) is 0 Å². The number of nitrogens with two attached hydrogens (primary N) is 1. The van der Waals surface area contributed by atoms with Gasteiger partial charge in [0.15, 0.2) is 0 Å². The van der Waals surface area contributed by atoms with Gasteiger partial charge in [-0.25, -0.2) is 0 Å². The first-order valence-corrected chi connectivity index (χ1v) is 7.15. The molecule has 1 nitrogen and oxygen atoms in total. The van der Waals surface area contributed by atoms with Crippen molar-refractivity contribution >= 4 is 11.6 Å². The summed E-state index contributed by atoms with van der Waals surface area (Å²) in [5.41, 5.74) is 7.62. The molecule has 2 heteroatoms. The average molecular weight is 248 g/mol. The van der Waals surface area contributed by atoms with E-state index in [-0.39, 0.29) is 6.04 Å². The van der Waals surface area contributed by atoms with Crippen LogP contribution in [0.3, 0.4) is 0 Å². The van der Waals surface area contributed by atoms with E-state index in [1.54, 1.807) is 0 Å². The Hall–Kier alpha value is -0.530. The van der Waals surface area contributed by atoms with Crippen LogP contribution in [0.1, 0.15) is 30.9 Å². The molecule has 0 heterocycles. The van der Waals surface area contributed by atoms with E-state index in [9.17, 15) is 0 Å². The van der Waals surface area contributed by atoms with Gasteiger partial charge in [-0.1, -0.05) is 29.8 Å². The van der Waals surface area contributed by atoms with Crippen LogP contribution >= 0.6 is 11.6 Å². The second kappa shape index (κ2) is 3.49. The van der Waals surface area contributed by atoms with Crippen LogP contribution in [-0.2, 0) is 0 Å². The molecule has 1 aromatic carbocycles. The van der Waals surface area contributed by atoms with Crippen molar-refractivity contribution in [3.05, 3.63) is 34.9 Å². The number of halogens is 1. The zero-order valence-electron chi connectivity index (χ0n) is 9.85. The molecule has 3 fully saturated rings. The van der Waals surface area contributed by atoms with Crippen molar-refractivity contribution < 1.29 is 0 Å². The summed E-state index contributed by atoms with van der Waals surface area (Å²) in [6, 6.07) is 8.26. The summed E-state index contributed by atoms with van der Waals surface area (Å²) in [5.74, 6) is 4.56. The van der Waals surface area contributed by atoms with Crippen LogP contribution in [-0.4, -0.2) is 0 Å². The fraction of sp³-hybridized carbons (Fsp3) is 0.600. The largest absolute Gasteiger partial charge is 0.324 e. The molecule has 0 spiro atoms. The van der Waals surface area contributed by atoms with Crippen LogP contribution in [0.5, 0.6) is 0 Å². The molecule has 3 aliphatic rings. The van der Waals surface area contributed by atoms with E-state index in [0.717, 1.165) is 40.2 Å². The molecular formula is C15H18ClN. The Kier molecular flexibility index (Phi) is 2.13. The molecule has 5 unspecified atom stereocenters. The van der Waals surface area contributed by atoms with Gasteiger partial charge in [-0.05, 0) is 60.5 Å². The predicted molar refractivity (Wildman–Crippen MR) is 69.7 cm³/mol. The Morgan fingerprint density at radius 1 is 1.12 bits per heavy atom. The SMILES string of the molecule is NC(c1ccccc1Cl)C1C2C3CCC(C3)C21. The van der Waals surface area contributed by atoms with Crippen molar-refractivity contribution in [2.75, 3.05) is 0 Å². The van der Waals surface area contributed by atoms with Gasteiger partial charge in [0.1, 0.15) is 0 Å². The lowest BCUT2D eigenvalue weighted by molar-refractivity contribution is 0.418. The Labute approximate surface area is 107 Å². The highest BCUT2D eigenvalue weighted by molar-refractivity contribution is 6.31. The second-order valence-electron chi connectivity index (χ2n) is 6.11. The predicted octanol–water partition coefficient (Wildman–Crippen LogP) is 3.63. The van der Waals surface area contributed by atoms with Gasteiger partial charge in [0.25, 0.3) is 0 Å². The number of rotatable bonds is 2. The third-order valence-electron chi connectivity index (χ3n) is 5.47. The summed E-state index contributed by atoms with van der Waals surface area (Å²) in [4.78, 5) is 0. The molecular weight excluding hydrogens is 230 g/mol. The molecule has 1 aromatic rings. The van der Waals surface area contributed by atoms with E-state index in [4.69, 9.17) is 17.3 Å². The summed E-state index contributed by atoms with van der Waals surface area (Å²) >= 11 is 6.26. The molecule has 0 aromatic heterocycles. The summed E-state index contributed by atoms with van der Waals surface area (Å²) < 4.78 is 0. The zero-order chi connectivity index (χ0) is 11.6. The van der Waals surface area contributed by atoms with Crippen molar-refractivity contribution in [1.29, 1.82) is 0 Å². The molecule has 5 atom stereocenters. The van der Waals surface area contributed by atoms with E-state index in [1.807, 2.05) is 18.2 Å². The number of fused-ring (bicyclic) bond motifs is 5. The van der Waals surface area contributed by atoms with E-state index in [1.165, 1.54) is 19.3 Å². The molecule has 3 aliphatic carbocycles. The molecule has 0 amide bonds. The maximum atomic E-state index is 6.46. The van der Waals surface area contributed by atoms with Crippen LogP contribution in [0.15, 0.2) is 24.3 Å². The van der Waals surface area contributed by atoms with Crippen molar-refractivity contribution in [3.63, 3.8) is 0 Å². The quantitative estimate of drug-likeness (QED) is 0.849. The third kappa shape index (κ3) is 1.36. The summed E-state index contributed by atoms with van der Waals surface area (Å²) in [7, 11) is 0. The Morgan fingerprint density at radius 3 is 2.41 bits per heavy atom. The van der Waals surface area contributed by atoms with Crippen molar-refractivity contribution in [2.45, 2.75) is 25.3 Å². The van der Waals surface area contributed by atoms with Crippen LogP contribution in [0.4, 0.5) is 0 Å². The lowest BCUT2D eigenvalue weighted by atomic mass is 9.93. The smallest absolute Gasteiger partial charge is 0.0453 e. The highest BCUT2D eigenvalue weighted by Gasteiger charge is 2.66. The van der Waals surface area contributed by atoms with E-state index in [2.05, 4.69) is 6.07 Å². The molecule has 0 radical (unpaired) electrons. The van der Waals surface area contributed by atoms with Crippen LogP contribution in [0.25, 0.3) is 0 Å². The Bertz CT molecular complexity index is 442.